The van der Waals surface area contributed by atoms with Crippen molar-refractivity contribution in [2.45, 2.75) is 25.9 Å². The van der Waals surface area contributed by atoms with Crippen molar-refractivity contribution in [1.82, 2.24) is 0 Å². The van der Waals surface area contributed by atoms with Gasteiger partial charge in [-0.25, -0.2) is 0 Å². The van der Waals surface area contributed by atoms with Crippen molar-refractivity contribution in [2.75, 3.05) is 5.32 Å². The lowest BCUT2D eigenvalue weighted by Gasteiger charge is -2.25. The van der Waals surface area contributed by atoms with E-state index in [2.05, 4.69) is 17.5 Å². The van der Waals surface area contributed by atoms with Gasteiger partial charge in [-0.3, -0.25) is 4.79 Å². The molecule has 4 heteroatoms. The number of aryl methyl sites for hydroxylation is 2. The third-order valence-electron chi connectivity index (χ3n) is 3.76. The predicted octanol–water partition coefficient (Wildman–Crippen LogP) is 3.20. The van der Waals surface area contributed by atoms with E-state index in [0.717, 1.165) is 17.7 Å². The molecule has 1 aliphatic rings. The number of nitrogens with zero attached hydrogens (tertiary/aromatic N) is 1. The number of amides is 1. The first-order valence-electron chi connectivity index (χ1n) is 7.23. The lowest BCUT2D eigenvalue weighted by molar-refractivity contribution is -0.123. The Morgan fingerprint density at radius 3 is 2.95 bits per heavy atom. The number of hydrogen-bond donors (Lipinski definition) is 1. The van der Waals surface area contributed by atoms with E-state index in [1.54, 1.807) is 24.3 Å². The largest absolute Gasteiger partial charge is 0.480 e. The monoisotopic (exact) mass is 292 g/mol. The molecule has 0 aliphatic carbocycles. The fourth-order valence-corrected chi connectivity index (χ4v) is 2.60. The van der Waals surface area contributed by atoms with Crippen LogP contribution in [0.15, 0.2) is 42.5 Å². The van der Waals surface area contributed by atoms with Crippen molar-refractivity contribution >= 4 is 11.6 Å². The molecule has 0 aromatic heterocycles. The Morgan fingerprint density at radius 2 is 2.14 bits per heavy atom. The summed E-state index contributed by atoms with van der Waals surface area (Å²) in [4.78, 5) is 12.4. The summed E-state index contributed by atoms with van der Waals surface area (Å²) >= 11 is 0. The highest BCUT2D eigenvalue weighted by Gasteiger charge is 2.26. The highest BCUT2D eigenvalue weighted by Crippen LogP contribution is 2.29. The molecule has 4 nitrogen and oxygen atoms in total. The van der Waals surface area contributed by atoms with Gasteiger partial charge in [0.2, 0.25) is 0 Å². The minimum absolute atomic E-state index is 0.214. The molecule has 0 saturated heterocycles. The molecule has 1 N–H and O–H groups in total. The summed E-state index contributed by atoms with van der Waals surface area (Å²) in [5.41, 5.74) is 3.30. The Hall–Kier alpha value is -2.80. The van der Waals surface area contributed by atoms with Crippen molar-refractivity contribution in [3.63, 3.8) is 0 Å². The van der Waals surface area contributed by atoms with Crippen molar-refractivity contribution in [3.8, 4) is 11.8 Å². The van der Waals surface area contributed by atoms with Crippen LogP contribution in [0.3, 0.4) is 0 Å². The molecular weight excluding hydrogens is 276 g/mol. The number of hydrogen-bond acceptors (Lipinski definition) is 3. The van der Waals surface area contributed by atoms with Gasteiger partial charge in [0.15, 0.2) is 6.10 Å². The molecule has 3 rings (SSSR count). The Kier molecular flexibility index (Phi) is 3.80. The third-order valence-corrected chi connectivity index (χ3v) is 3.76. The van der Waals surface area contributed by atoms with Crippen LogP contribution in [-0.4, -0.2) is 12.0 Å². The van der Waals surface area contributed by atoms with Crippen LogP contribution in [0.2, 0.25) is 0 Å². The molecule has 110 valence electrons. The molecule has 1 amide bonds. The number of carbonyl (C=O) groups excluding carboxylic acids is 1. The summed E-state index contributed by atoms with van der Waals surface area (Å²) in [5.74, 6) is 0.555. The number of carbonyl (C=O) groups is 1. The second-order valence-corrected chi connectivity index (χ2v) is 5.40. The quantitative estimate of drug-likeness (QED) is 0.924. The van der Waals surface area contributed by atoms with Crippen LogP contribution in [0, 0.1) is 18.3 Å². The van der Waals surface area contributed by atoms with E-state index < -0.39 is 6.10 Å². The van der Waals surface area contributed by atoms with Crippen LogP contribution in [0.4, 0.5) is 5.69 Å². The second-order valence-electron chi connectivity index (χ2n) is 5.40. The predicted molar refractivity (Wildman–Crippen MR) is 83.7 cm³/mol. The molecule has 0 bridgehead atoms. The van der Waals surface area contributed by atoms with E-state index in [0.29, 0.717) is 17.7 Å². The summed E-state index contributed by atoms with van der Waals surface area (Å²) < 4.78 is 5.80. The smallest absolute Gasteiger partial charge is 0.265 e. The maximum absolute atomic E-state index is 12.4. The number of benzene rings is 2. The summed E-state index contributed by atoms with van der Waals surface area (Å²) in [6.45, 7) is 2.04. The van der Waals surface area contributed by atoms with Crippen molar-refractivity contribution in [3.05, 3.63) is 59.2 Å². The van der Waals surface area contributed by atoms with E-state index >= 15 is 0 Å². The van der Waals surface area contributed by atoms with Gasteiger partial charge < -0.3 is 10.1 Å². The fourth-order valence-electron chi connectivity index (χ4n) is 2.60. The van der Waals surface area contributed by atoms with E-state index in [1.165, 1.54) is 5.56 Å². The molecule has 2 aromatic rings. The Morgan fingerprint density at radius 1 is 1.32 bits per heavy atom. The number of ether oxygens (including phenoxy) is 1. The Balaban J connectivity index is 1.74. The van der Waals surface area contributed by atoms with Crippen LogP contribution in [0.1, 0.15) is 23.1 Å². The topological polar surface area (TPSA) is 62.1 Å². The average Bonchev–Trinajstić information content (AvgIpc) is 2.54. The number of fused-ring (bicyclic) bond motifs is 1. The molecule has 1 unspecified atom stereocenters. The van der Waals surface area contributed by atoms with Gasteiger partial charge in [-0.1, -0.05) is 29.8 Å². The van der Waals surface area contributed by atoms with Crippen molar-refractivity contribution in [1.29, 1.82) is 5.26 Å². The molecular formula is C18H16N2O2. The molecule has 22 heavy (non-hydrogen) atoms. The molecule has 0 fully saturated rings. The zero-order valence-corrected chi connectivity index (χ0v) is 12.3. The van der Waals surface area contributed by atoms with Crippen LogP contribution in [-0.2, 0) is 11.2 Å². The molecule has 0 radical (unpaired) electrons. The highest BCUT2D eigenvalue weighted by molar-refractivity contribution is 5.95. The summed E-state index contributed by atoms with van der Waals surface area (Å²) in [5, 5.41) is 11.9. The first-order valence-corrected chi connectivity index (χ1v) is 7.23. The minimum atomic E-state index is -0.526. The zero-order chi connectivity index (χ0) is 15.5. The van der Waals surface area contributed by atoms with Gasteiger partial charge >= 0.3 is 0 Å². The van der Waals surface area contributed by atoms with Gasteiger partial charge in [-0.2, -0.15) is 5.26 Å². The second kappa shape index (κ2) is 5.90. The molecule has 1 heterocycles. The van der Waals surface area contributed by atoms with Gasteiger partial charge in [0.05, 0.1) is 11.3 Å². The van der Waals surface area contributed by atoms with Crippen LogP contribution < -0.4 is 10.1 Å². The minimum Gasteiger partial charge on any atom is -0.480 e. The summed E-state index contributed by atoms with van der Waals surface area (Å²) in [6, 6.07) is 15.0. The highest BCUT2D eigenvalue weighted by atomic mass is 16.5. The van der Waals surface area contributed by atoms with Gasteiger partial charge in [0.1, 0.15) is 11.8 Å². The van der Waals surface area contributed by atoms with Crippen molar-refractivity contribution < 1.29 is 9.53 Å². The van der Waals surface area contributed by atoms with E-state index in [1.807, 2.05) is 19.1 Å². The molecule has 0 spiro atoms. The average molecular weight is 292 g/mol. The summed E-state index contributed by atoms with van der Waals surface area (Å²) in [6.07, 6.45) is 0.924. The first-order chi connectivity index (χ1) is 10.7. The molecule has 2 aromatic carbocycles. The van der Waals surface area contributed by atoms with E-state index in [9.17, 15) is 4.79 Å². The number of nitriles is 1. The van der Waals surface area contributed by atoms with Gasteiger partial charge in [0.25, 0.3) is 5.91 Å². The Bertz CT molecular complexity index is 762. The number of anilines is 1. The van der Waals surface area contributed by atoms with Crippen LogP contribution in [0.5, 0.6) is 5.75 Å². The first kappa shape index (κ1) is 14.2. The van der Waals surface area contributed by atoms with Gasteiger partial charge in [0, 0.05) is 0 Å². The standard InChI is InChI=1S/C18H16N2O2/c1-12-6-8-16-13(10-12)7-9-17(22-16)18(21)20-15-5-3-2-4-14(15)11-19/h2-6,8,10,17H,7,9H2,1H3,(H,20,21). The third kappa shape index (κ3) is 2.79. The van der Waals surface area contributed by atoms with Gasteiger partial charge in [-0.15, -0.1) is 0 Å². The molecule has 1 aliphatic heterocycles. The maximum Gasteiger partial charge on any atom is 0.265 e. The van der Waals surface area contributed by atoms with Crippen molar-refractivity contribution in [2.24, 2.45) is 0 Å². The van der Waals surface area contributed by atoms with Crippen LogP contribution in [0.25, 0.3) is 0 Å². The fraction of sp³-hybridized carbons (Fsp3) is 0.222. The SMILES string of the molecule is Cc1ccc2c(c1)CCC(C(=O)Nc1ccccc1C#N)O2. The lowest BCUT2D eigenvalue weighted by Crippen LogP contribution is -2.36. The molecule has 0 saturated carbocycles. The number of para-hydroxylation sites is 1. The maximum atomic E-state index is 12.4. The Labute approximate surface area is 129 Å². The number of rotatable bonds is 2. The lowest BCUT2D eigenvalue weighted by atomic mass is 10.00. The van der Waals surface area contributed by atoms with Gasteiger partial charge in [-0.05, 0) is 43.5 Å². The zero-order valence-electron chi connectivity index (χ0n) is 12.3. The molecule has 1 atom stereocenters. The van der Waals surface area contributed by atoms with Crippen LogP contribution >= 0.6 is 0 Å². The normalized spacial score (nSPS) is 16.1. The van der Waals surface area contributed by atoms with E-state index in [-0.39, 0.29) is 5.91 Å². The number of nitrogens with one attached hydrogen (secondary N) is 1. The van der Waals surface area contributed by atoms with E-state index in [4.69, 9.17) is 10.00 Å². The summed E-state index contributed by atoms with van der Waals surface area (Å²) in [7, 11) is 0.